The number of hydrogen-bond acceptors (Lipinski definition) is 4. The van der Waals surface area contributed by atoms with Crippen LogP contribution in [0.25, 0.3) is 0 Å². The third kappa shape index (κ3) is 2.70. The first-order valence-electron chi connectivity index (χ1n) is 5.64. The van der Waals surface area contributed by atoms with Crippen molar-refractivity contribution < 1.29 is 23.8 Å². The Kier molecular flexibility index (Phi) is 3.66. The van der Waals surface area contributed by atoms with Gasteiger partial charge in [-0.1, -0.05) is 0 Å². The van der Waals surface area contributed by atoms with E-state index in [1.807, 2.05) is 0 Å². The second kappa shape index (κ2) is 5.22. The SMILES string of the molecule is NC(Cc1cc2c(cc1F)OCCCO2)C(=O)O. The fourth-order valence-corrected chi connectivity index (χ4v) is 1.71. The highest BCUT2D eigenvalue weighted by molar-refractivity contribution is 5.73. The molecule has 3 N–H and O–H groups in total. The summed E-state index contributed by atoms with van der Waals surface area (Å²) in [7, 11) is 0. The molecule has 1 aromatic carbocycles. The van der Waals surface area contributed by atoms with Gasteiger partial charge in [0.1, 0.15) is 11.9 Å². The number of halogens is 1. The summed E-state index contributed by atoms with van der Waals surface area (Å²) >= 11 is 0. The highest BCUT2D eigenvalue weighted by Gasteiger charge is 2.19. The summed E-state index contributed by atoms with van der Waals surface area (Å²) in [5.41, 5.74) is 5.60. The number of rotatable bonds is 3. The minimum absolute atomic E-state index is 0.0855. The van der Waals surface area contributed by atoms with Crippen LogP contribution in [-0.4, -0.2) is 30.3 Å². The van der Waals surface area contributed by atoms with Gasteiger partial charge in [0, 0.05) is 18.9 Å². The molecule has 0 fully saturated rings. The maximum atomic E-state index is 13.7. The maximum Gasteiger partial charge on any atom is 0.320 e. The zero-order valence-corrected chi connectivity index (χ0v) is 9.69. The maximum absolute atomic E-state index is 13.7. The molecule has 1 atom stereocenters. The Bertz CT molecular complexity index is 464. The van der Waals surface area contributed by atoms with Crippen molar-refractivity contribution in [2.24, 2.45) is 5.73 Å². The third-order valence-corrected chi connectivity index (χ3v) is 2.67. The molecule has 2 rings (SSSR count). The Morgan fingerprint density at radius 1 is 1.39 bits per heavy atom. The molecule has 0 spiro atoms. The molecule has 5 nitrogen and oxygen atoms in total. The summed E-state index contributed by atoms with van der Waals surface area (Å²) in [5, 5.41) is 8.71. The van der Waals surface area contributed by atoms with Gasteiger partial charge in [-0.15, -0.1) is 0 Å². The molecule has 0 saturated heterocycles. The standard InChI is InChI=1S/C12H14FNO4/c13-8-6-11-10(17-2-1-3-18-11)5-7(8)4-9(14)12(15)16/h5-6,9H,1-4,14H2,(H,15,16). The topological polar surface area (TPSA) is 81.8 Å². The average molecular weight is 255 g/mol. The third-order valence-electron chi connectivity index (χ3n) is 2.67. The molecule has 1 aliphatic heterocycles. The minimum Gasteiger partial charge on any atom is -0.490 e. The van der Waals surface area contributed by atoms with Crippen LogP contribution in [0.3, 0.4) is 0 Å². The molecular weight excluding hydrogens is 241 g/mol. The molecule has 0 radical (unpaired) electrons. The van der Waals surface area contributed by atoms with Crippen LogP contribution in [0.2, 0.25) is 0 Å². The average Bonchev–Trinajstić information content (AvgIpc) is 2.54. The van der Waals surface area contributed by atoms with Crippen LogP contribution in [0, 0.1) is 5.82 Å². The lowest BCUT2D eigenvalue weighted by molar-refractivity contribution is -0.138. The van der Waals surface area contributed by atoms with Gasteiger partial charge < -0.3 is 20.3 Å². The fraction of sp³-hybridized carbons (Fsp3) is 0.417. The highest BCUT2D eigenvalue weighted by atomic mass is 19.1. The molecule has 18 heavy (non-hydrogen) atoms. The smallest absolute Gasteiger partial charge is 0.320 e. The Balaban J connectivity index is 2.26. The number of benzene rings is 1. The summed E-state index contributed by atoms with van der Waals surface area (Å²) in [5.74, 6) is -0.920. The van der Waals surface area contributed by atoms with E-state index in [1.54, 1.807) is 0 Å². The van der Waals surface area contributed by atoms with Gasteiger partial charge in [-0.05, 0) is 11.6 Å². The quantitative estimate of drug-likeness (QED) is 0.840. The molecule has 0 bridgehead atoms. The molecule has 0 amide bonds. The van der Waals surface area contributed by atoms with E-state index in [0.29, 0.717) is 24.7 Å². The molecule has 1 heterocycles. The number of carboxylic acids is 1. The lowest BCUT2D eigenvalue weighted by Gasteiger charge is -2.12. The second-order valence-corrected chi connectivity index (χ2v) is 4.09. The van der Waals surface area contributed by atoms with Crippen LogP contribution in [0.4, 0.5) is 4.39 Å². The first-order valence-corrected chi connectivity index (χ1v) is 5.64. The van der Waals surface area contributed by atoms with Crippen LogP contribution in [-0.2, 0) is 11.2 Å². The molecule has 1 unspecified atom stereocenters. The predicted molar refractivity (Wildman–Crippen MR) is 61.3 cm³/mol. The Labute approximate surface area is 103 Å². The van der Waals surface area contributed by atoms with E-state index in [9.17, 15) is 9.18 Å². The van der Waals surface area contributed by atoms with Crippen molar-refractivity contribution in [1.82, 2.24) is 0 Å². The van der Waals surface area contributed by atoms with E-state index in [2.05, 4.69) is 0 Å². The van der Waals surface area contributed by atoms with Gasteiger partial charge in [0.05, 0.1) is 13.2 Å². The Morgan fingerprint density at radius 2 is 2.00 bits per heavy atom. The van der Waals surface area contributed by atoms with Crippen molar-refractivity contribution in [1.29, 1.82) is 0 Å². The van der Waals surface area contributed by atoms with Crippen LogP contribution in [0.1, 0.15) is 12.0 Å². The van der Waals surface area contributed by atoms with Crippen molar-refractivity contribution in [2.45, 2.75) is 18.9 Å². The van der Waals surface area contributed by atoms with E-state index in [0.717, 1.165) is 6.42 Å². The number of hydrogen-bond donors (Lipinski definition) is 2. The molecular formula is C12H14FNO4. The molecule has 1 aromatic rings. The van der Waals surface area contributed by atoms with Crippen molar-refractivity contribution in [3.05, 3.63) is 23.5 Å². The monoisotopic (exact) mass is 255 g/mol. The van der Waals surface area contributed by atoms with E-state index < -0.39 is 17.8 Å². The Morgan fingerprint density at radius 3 is 2.61 bits per heavy atom. The largest absolute Gasteiger partial charge is 0.490 e. The van der Waals surface area contributed by atoms with Gasteiger partial charge in [-0.3, -0.25) is 4.79 Å². The van der Waals surface area contributed by atoms with Crippen molar-refractivity contribution in [3.8, 4) is 11.5 Å². The molecule has 0 aliphatic carbocycles. The highest BCUT2D eigenvalue weighted by Crippen LogP contribution is 2.32. The normalized spacial score (nSPS) is 15.9. The number of fused-ring (bicyclic) bond motifs is 1. The van der Waals surface area contributed by atoms with Gasteiger partial charge in [-0.2, -0.15) is 0 Å². The van der Waals surface area contributed by atoms with Gasteiger partial charge in [0.15, 0.2) is 11.5 Å². The first-order chi connectivity index (χ1) is 8.58. The second-order valence-electron chi connectivity index (χ2n) is 4.09. The van der Waals surface area contributed by atoms with Crippen LogP contribution in [0.5, 0.6) is 11.5 Å². The number of aliphatic carboxylic acids is 1. The van der Waals surface area contributed by atoms with Gasteiger partial charge in [0.2, 0.25) is 0 Å². The molecule has 6 heteroatoms. The molecule has 98 valence electrons. The van der Waals surface area contributed by atoms with E-state index in [4.69, 9.17) is 20.3 Å². The van der Waals surface area contributed by atoms with Crippen molar-refractivity contribution in [3.63, 3.8) is 0 Å². The summed E-state index contributed by atoms with van der Waals surface area (Å²) in [4.78, 5) is 10.7. The van der Waals surface area contributed by atoms with Gasteiger partial charge in [0.25, 0.3) is 0 Å². The Hall–Kier alpha value is -1.82. The number of carbonyl (C=O) groups is 1. The van der Waals surface area contributed by atoms with Crippen LogP contribution >= 0.6 is 0 Å². The zero-order chi connectivity index (χ0) is 13.1. The summed E-state index contributed by atoms with van der Waals surface area (Å²) in [6.45, 7) is 0.962. The fourth-order valence-electron chi connectivity index (χ4n) is 1.71. The van der Waals surface area contributed by atoms with Crippen LogP contribution < -0.4 is 15.2 Å². The van der Waals surface area contributed by atoms with E-state index >= 15 is 0 Å². The first kappa shape index (κ1) is 12.6. The summed E-state index contributed by atoms with van der Waals surface area (Å²) < 4.78 is 24.5. The lowest BCUT2D eigenvalue weighted by Crippen LogP contribution is -2.32. The van der Waals surface area contributed by atoms with E-state index in [1.165, 1.54) is 12.1 Å². The minimum atomic E-state index is -1.17. The van der Waals surface area contributed by atoms with Gasteiger partial charge >= 0.3 is 5.97 Å². The number of nitrogens with two attached hydrogens (primary N) is 1. The summed E-state index contributed by atoms with van der Waals surface area (Å²) in [6, 6.07) is 1.54. The molecule has 1 aliphatic rings. The van der Waals surface area contributed by atoms with Crippen molar-refractivity contribution >= 4 is 5.97 Å². The van der Waals surface area contributed by atoms with E-state index in [-0.39, 0.29) is 12.0 Å². The predicted octanol–water partition coefficient (Wildman–Crippen LogP) is 0.941. The lowest BCUT2D eigenvalue weighted by atomic mass is 10.1. The number of ether oxygens (including phenoxy) is 2. The zero-order valence-electron chi connectivity index (χ0n) is 9.69. The summed E-state index contributed by atoms with van der Waals surface area (Å²) in [6.07, 6.45) is 0.637. The van der Waals surface area contributed by atoms with Gasteiger partial charge in [-0.25, -0.2) is 4.39 Å². The van der Waals surface area contributed by atoms with Crippen LogP contribution in [0.15, 0.2) is 12.1 Å². The van der Waals surface area contributed by atoms with Crippen molar-refractivity contribution in [2.75, 3.05) is 13.2 Å². The molecule has 0 saturated carbocycles. The number of carboxylic acid groups (broad SMARTS) is 1. The molecule has 0 aromatic heterocycles.